The van der Waals surface area contributed by atoms with Gasteiger partial charge in [-0.1, -0.05) is 12.5 Å². The molecule has 1 aliphatic carbocycles. The fourth-order valence-corrected chi connectivity index (χ4v) is 2.66. The number of halogens is 3. The van der Waals surface area contributed by atoms with Crippen molar-refractivity contribution in [2.75, 3.05) is 0 Å². The van der Waals surface area contributed by atoms with Crippen molar-refractivity contribution in [1.29, 1.82) is 0 Å². The molecule has 0 amide bonds. The molecule has 2 heterocycles. The molecular weight excluding hydrogens is 277 g/mol. The smallest absolute Gasteiger partial charge is 0.253 e. The number of hydrogen-bond acceptors (Lipinski definition) is 2. The summed E-state index contributed by atoms with van der Waals surface area (Å²) in [4.78, 5) is 7.96. The summed E-state index contributed by atoms with van der Waals surface area (Å²) in [5.41, 5.74) is 2.42. The van der Waals surface area contributed by atoms with Crippen molar-refractivity contribution in [2.24, 2.45) is 0 Å². The Bertz CT molecular complexity index is 650. The molecule has 0 aliphatic heterocycles. The van der Waals surface area contributed by atoms with E-state index in [1.165, 1.54) is 18.2 Å². The fourth-order valence-electron chi connectivity index (χ4n) is 2.66. The predicted molar refractivity (Wildman–Crippen MR) is 73.7 cm³/mol. The molecule has 0 atom stereocenters. The Morgan fingerprint density at radius 3 is 2.57 bits per heavy atom. The topological polar surface area (TPSA) is 25.8 Å². The van der Waals surface area contributed by atoms with Crippen LogP contribution in [0.3, 0.4) is 0 Å². The molecule has 0 fully saturated rings. The molecule has 1 aliphatic rings. The molecule has 2 aromatic rings. The molecule has 0 N–H and O–H groups in total. The molecule has 21 heavy (non-hydrogen) atoms. The Hall–Kier alpha value is -1.91. The van der Waals surface area contributed by atoms with Gasteiger partial charge in [-0.2, -0.15) is 13.2 Å². The van der Waals surface area contributed by atoms with Crippen molar-refractivity contribution in [2.45, 2.75) is 38.3 Å². The molecule has 0 radical (unpaired) electrons. The van der Waals surface area contributed by atoms with Gasteiger partial charge in [-0.05, 0) is 49.4 Å². The maximum atomic E-state index is 12.7. The summed E-state index contributed by atoms with van der Waals surface area (Å²) in [5, 5.41) is 0. The fraction of sp³-hybridized carbons (Fsp3) is 0.375. The summed E-state index contributed by atoms with van der Waals surface area (Å²) < 4.78 is 38.2. The Morgan fingerprint density at radius 2 is 1.76 bits per heavy atom. The number of alkyl halides is 3. The van der Waals surface area contributed by atoms with Gasteiger partial charge in [-0.25, -0.2) is 0 Å². The second-order valence-electron chi connectivity index (χ2n) is 5.29. The highest BCUT2D eigenvalue weighted by atomic mass is 19.4. The van der Waals surface area contributed by atoms with Crippen LogP contribution in [0.1, 0.15) is 36.2 Å². The van der Waals surface area contributed by atoms with E-state index < -0.39 is 11.9 Å². The summed E-state index contributed by atoms with van der Waals surface area (Å²) in [6, 6.07) is 6.43. The van der Waals surface area contributed by atoms with Crippen molar-refractivity contribution < 1.29 is 13.2 Å². The second-order valence-corrected chi connectivity index (χ2v) is 5.29. The number of hydrogen-bond donors (Lipinski definition) is 0. The molecule has 110 valence electrons. The molecule has 0 saturated carbocycles. The lowest BCUT2D eigenvalue weighted by atomic mass is 10.1. The molecule has 5 heteroatoms. The zero-order chi connectivity index (χ0) is 14.9. The lowest BCUT2D eigenvalue weighted by molar-refractivity contribution is -0.141. The molecule has 3 rings (SSSR count). The van der Waals surface area contributed by atoms with Crippen molar-refractivity contribution >= 4 is 0 Å². The predicted octanol–water partition coefficient (Wildman–Crippen LogP) is 4.43. The number of aromatic nitrogens is 2. The summed E-state index contributed by atoms with van der Waals surface area (Å²) in [6.45, 7) is 0. The van der Waals surface area contributed by atoms with Gasteiger partial charge in [0.2, 0.25) is 0 Å². The van der Waals surface area contributed by atoms with E-state index in [1.807, 2.05) is 6.07 Å². The Kier molecular flexibility index (Phi) is 3.66. The monoisotopic (exact) mass is 292 g/mol. The van der Waals surface area contributed by atoms with E-state index in [4.69, 9.17) is 0 Å². The van der Waals surface area contributed by atoms with Crippen molar-refractivity contribution in [1.82, 2.24) is 9.97 Å². The first-order valence-electron chi connectivity index (χ1n) is 7.06. The van der Waals surface area contributed by atoms with Crippen LogP contribution in [0, 0.1) is 0 Å². The van der Waals surface area contributed by atoms with E-state index in [0.717, 1.165) is 37.4 Å². The Morgan fingerprint density at radius 1 is 0.952 bits per heavy atom. The summed E-state index contributed by atoms with van der Waals surface area (Å²) in [5.74, 6) is 0. The summed E-state index contributed by atoms with van der Waals surface area (Å²) in [7, 11) is 0. The normalized spacial score (nSPS) is 15.4. The molecule has 0 spiro atoms. The van der Waals surface area contributed by atoms with Gasteiger partial charge in [-0.3, -0.25) is 9.97 Å². The standard InChI is InChI=1S/C16H15F3N2/c17-16(18,19)15-10-12(8-9-20-15)14-7-6-11-4-2-1-3-5-13(11)21-14/h6-10H,1-5H2. The van der Waals surface area contributed by atoms with Crippen LogP contribution < -0.4 is 0 Å². The van der Waals surface area contributed by atoms with Crippen LogP contribution >= 0.6 is 0 Å². The molecular formula is C16H15F3N2. The zero-order valence-corrected chi connectivity index (χ0v) is 11.5. The lowest BCUT2D eigenvalue weighted by Gasteiger charge is -2.10. The van der Waals surface area contributed by atoms with Crippen LogP contribution in [-0.2, 0) is 19.0 Å². The maximum absolute atomic E-state index is 12.7. The highest BCUT2D eigenvalue weighted by Crippen LogP contribution is 2.30. The van der Waals surface area contributed by atoms with Crippen LogP contribution in [0.4, 0.5) is 13.2 Å². The van der Waals surface area contributed by atoms with Crippen molar-refractivity contribution in [3.63, 3.8) is 0 Å². The van der Waals surface area contributed by atoms with E-state index in [9.17, 15) is 13.2 Å². The number of pyridine rings is 2. The summed E-state index contributed by atoms with van der Waals surface area (Å²) in [6.07, 6.45) is 2.09. The van der Waals surface area contributed by atoms with Gasteiger partial charge in [0, 0.05) is 17.5 Å². The van der Waals surface area contributed by atoms with E-state index in [2.05, 4.69) is 9.97 Å². The van der Waals surface area contributed by atoms with Gasteiger partial charge in [0.05, 0.1) is 5.69 Å². The van der Waals surface area contributed by atoms with E-state index >= 15 is 0 Å². The molecule has 0 unspecified atom stereocenters. The number of aryl methyl sites for hydroxylation is 2. The minimum absolute atomic E-state index is 0.462. The van der Waals surface area contributed by atoms with E-state index in [-0.39, 0.29) is 0 Å². The SMILES string of the molecule is FC(F)(F)c1cc(-c2ccc3c(n2)CCCCC3)ccn1. The third kappa shape index (κ3) is 3.06. The first-order valence-corrected chi connectivity index (χ1v) is 7.06. The van der Waals surface area contributed by atoms with Crippen LogP contribution in [0.5, 0.6) is 0 Å². The molecule has 0 aromatic carbocycles. The van der Waals surface area contributed by atoms with Gasteiger partial charge in [0.1, 0.15) is 5.69 Å². The van der Waals surface area contributed by atoms with Crippen LogP contribution in [0.2, 0.25) is 0 Å². The van der Waals surface area contributed by atoms with Crippen LogP contribution in [0.15, 0.2) is 30.5 Å². The average Bonchev–Trinajstić information content (AvgIpc) is 2.71. The number of rotatable bonds is 1. The van der Waals surface area contributed by atoms with E-state index in [1.54, 1.807) is 12.1 Å². The highest BCUT2D eigenvalue weighted by molar-refractivity contribution is 5.60. The molecule has 2 nitrogen and oxygen atoms in total. The van der Waals surface area contributed by atoms with Gasteiger partial charge < -0.3 is 0 Å². The Balaban J connectivity index is 1.99. The first kappa shape index (κ1) is 14.0. The van der Waals surface area contributed by atoms with Gasteiger partial charge in [0.15, 0.2) is 0 Å². The zero-order valence-electron chi connectivity index (χ0n) is 11.5. The van der Waals surface area contributed by atoms with Gasteiger partial charge in [-0.15, -0.1) is 0 Å². The third-order valence-corrected chi connectivity index (χ3v) is 3.77. The molecule has 0 bridgehead atoms. The van der Waals surface area contributed by atoms with E-state index in [0.29, 0.717) is 11.3 Å². The lowest BCUT2D eigenvalue weighted by Crippen LogP contribution is -2.07. The largest absolute Gasteiger partial charge is 0.433 e. The minimum Gasteiger partial charge on any atom is -0.253 e. The minimum atomic E-state index is -4.43. The third-order valence-electron chi connectivity index (χ3n) is 3.77. The quantitative estimate of drug-likeness (QED) is 0.727. The summed E-state index contributed by atoms with van der Waals surface area (Å²) >= 11 is 0. The maximum Gasteiger partial charge on any atom is 0.433 e. The highest BCUT2D eigenvalue weighted by Gasteiger charge is 2.32. The average molecular weight is 292 g/mol. The molecule has 0 saturated heterocycles. The van der Waals surface area contributed by atoms with Gasteiger partial charge >= 0.3 is 6.18 Å². The first-order chi connectivity index (χ1) is 10.0. The number of fused-ring (bicyclic) bond motifs is 1. The molecule has 2 aromatic heterocycles. The van der Waals surface area contributed by atoms with Crippen LogP contribution in [-0.4, -0.2) is 9.97 Å². The van der Waals surface area contributed by atoms with Crippen LogP contribution in [0.25, 0.3) is 11.3 Å². The van der Waals surface area contributed by atoms with Gasteiger partial charge in [0.25, 0.3) is 0 Å². The second kappa shape index (κ2) is 5.47. The Labute approximate surface area is 121 Å². The number of nitrogens with zero attached hydrogens (tertiary/aromatic N) is 2. The van der Waals surface area contributed by atoms with Crippen molar-refractivity contribution in [3.05, 3.63) is 47.4 Å². The van der Waals surface area contributed by atoms with Crippen molar-refractivity contribution in [3.8, 4) is 11.3 Å².